The summed E-state index contributed by atoms with van der Waals surface area (Å²) in [5.41, 5.74) is -3.16. The molecule has 0 N–H and O–H groups in total. The molecular formula is C34H34F6O5S2. The lowest BCUT2D eigenvalue weighted by Crippen LogP contribution is -2.49. The van der Waals surface area contributed by atoms with Crippen LogP contribution in [0, 0.1) is 20.8 Å². The van der Waals surface area contributed by atoms with Gasteiger partial charge in [0.1, 0.15) is 5.75 Å². The van der Waals surface area contributed by atoms with E-state index in [9.17, 15) is 18.4 Å². The number of thiophene rings is 2. The van der Waals surface area contributed by atoms with Crippen LogP contribution in [-0.2, 0) is 20.7 Å². The third-order valence-corrected chi connectivity index (χ3v) is 9.62. The van der Waals surface area contributed by atoms with Gasteiger partial charge in [-0.05, 0) is 93.3 Å². The molecule has 2 aromatic heterocycles. The predicted octanol–water partition coefficient (Wildman–Crippen LogP) is 9.63. The molecule has 0 fully saturated rings. The summed E-state index contributed by atoms with van der Waals surface area (Å²) < 4.78 is 107. The van der Waals surface area contributed by atoms with Crippen LogP contribution in [0.2, 0.25) is 0 Å². The number of ether oxygens (including phenoxy) is 3. The maximum atomic E-state index is 15.4. The van der Waals surface area contributed by atoms with E-state index in [2.05, 4.69) is 6.58 Å². The van der Waals surface area contributed by atoms with Crippen molar-refractivity contribution in [2.24, 2.45) is 0 Å². The van der Waals surface area contributed by atoms with E-state index in [4.69, 9.17) is 14.2 Å². The normalized spacial score (nSPS) is 16.3. The Morgan fingerprint density at radius 2 is 1.47 bits per heavy atom. The summed E-state index contributed by atoms with van der Waals surface area (Å²) in [6, 6.07) is 7.41. The second kappa shape index (κ2) is 14.7. The number of allylic oxidation sites excluding steroid dienone is 2. The molecule has 3 aromatic rings. The highest BCUT2D eigenvalue weighted by atomic mass is 32.1. The molecule has 1 aliphatic rings. The van der Waals surface area contributed by atoms with E-state index in [0.717, 1.165) is 54.4 Å². The van der Waals surface area contributed by atoms with E-state index < -0.39 is 40.9 Å². The first-order chi connectivity index (χ1) is 22.1. The van der Waals surface area contributed by atoms with Crippen LogP contribution in [0.3, 0.4) is 0 Å². The molecule has 254 valence electrons. The lowest BCUT2D eigenvalue weighted by atomic mass is 9.92. The molecule has 0 bridgehead atoms. The Bertz CT molecular complexity index is 1640. The fourth-order valence-corrected chi connectivity index (χ4v) is 7.15. The molecule has 47 heavy (non-hydrogen) atoms. The molecule has 0 unspecified atom stereocenters. The Morgan fingerprint density at radius 3 is 2.09 bits per heavy atom. The summed E-state index contributed by atoms with van der Waals surface area (Å²) in [6.07, 6.45) is 4.19. The lowest BCUT2D eigenvalue weighted by Gasteiger charge is -2.26. The number of alkyl halides is 6. The Morgan fingerprint density at radius 1 is 0.830 bits per heavy atom. The molecule has 13 heteroatoms. The number of unbranched alkanes of at least 4 members (excludes halogenated alkanes) is 3. The first kappa shape index (κ1) is 36.3. The van der Waals surface area contributed by atoms with Gasteiger partial charge in [-0.15, -0.1) is 22.7 Å². The fraction of sp³-hybridized carbons (Fsp3) is 0.412. The smallest absolute Gasteiger partial charge is 0.380 e. The van der Waals surface area contributed by atoms with E-state index in [1.54, 1.807) is 19.1 Å². The van der Waals surface area contributed by atoms with Gasteiger partial charge in [0.2, 0.25) is 0 Å². The van der Waals surface area contributed by atoms with E-state index in [0.29, 0.717) is 23.8 Å². The largest absolute Gasteiger partial charge is 0.494 e. The van der Waals surface area contributed by atoms with Crippen LogP contribution in [0.15, 0.2) is 48.4 Å². The van der Waals surface area contributed by atoms with Gasteiger partial charge in [-0.3, -0.25) is 0 Å². The quantitative estimate of drug-likeness (QED) is 0.0684. The minimum absolute atomic E-state index is 0.104. The summed E-state index contributed by atoms with van der Waals surface area (Å²) >= 11 is 2.02. The van der Waals surface area contributed by atoms with Gasteiger partial charge in [0, 0.05) is 43.8 Å². The third kappa shape index (κ3) is 7.45. The topological polar surface area (TPSA) is 61.8 Å². The molecule has 0 saturated carbocycles. The first-order valence-electron chi connectivity index (χ1n) is 14.9. The highest BCUT2D eigenvalue weighted by Crippen LogP contribution is 2.66. The van der Waals surface area contributed by atoms with Gasteiger partial charge in [0.25, 0.3) is 0 Å². The summed E-state index contributed by atoms with van der Waals surface area (Å²) in [5.74, 6) is -16.6. The van der Waals surface area contributed by atoms with E-state index in [1.165, 1.54) is 37.4 Å². The third-order valence-electron chi connectivity index (χ3n) is 7.69. The number of rotatable bonds is 15. The molecule has 4 rings (SSSR count). The van der Waals surface area contributed by atoms with Crippen LogP contribution in [0.5, 0.6) is 5.75 Å². The summed E-state index contributed by atoms with van der Waals surface area (Å²) in [5, 5.41) is 1.43. The van der Waals surface area contributed by atoms with Crippen molar-refractivity contribution in [3.63, 3.8) is 0 Å². The first-order valence-corrected chi connectivity index (χ1v) is 16.6. The Hall–Kier alpha value is -3.58. The minimum atomic E-state index is -5.65. The summed E-state index contributed by atoms with van der Waals surface area (Å²) in [4.78, 5) is 24.6. The second-order valence-electron chi connectivity index (χ2n) is 11.0. The zero-order chi connectivity index (χ0) is 34.6. The van der Waals surface area contributed by atoms with Crippen LogP contribution >= 0.6 is 22.7 Å². The number of benzene rings is 1. The van der Waals surface area contributed by atoms with Crippen molar-refractivity contribution < 1.29 is 50.1 Å². The molecule has 0 spiro atoms. The molecule has 5 nitrogen and oxygen atoms in total. The predicted molar refractivity (Wildman–Crippen MR) is 170 cm³/mol. The highest BCUT2D eigenvalue weighted by molar-refractivity contribution is 7.12. The zero-order valence-corrected chi connectivity index (χ0v) is 27.7. The van der Waals surface area contributed by atoms with Gasteiger partial charge in [0.05, 0.1) is 25.4 Å². The summed E-state index contributed by atoms with van der Waals surface area (Å²) in [6.45, 7) is 8.23. The number of hydrogen-bond acceptors (Lipinski definition) is 7. The maximum Gasteiger partial charge on any atom is 0.380 e. The molecular weight excluding hydrogens is 666 g/mol. The van der Waals surface area contributed by atoms with Crippen molar-refractivity contribution in [3.05, 3.63) is 85.3 Å². The Labute approximate surface area is 276 Å². The average Bonchev–Trinajstić information content (AvgIpc) is 3.58. The van der Waals surface area contributed by atoms with Crippen LogP contribution in [-0.4, -0.2) is 49.5 Å². The molecule has 0 atom stereocenters. The number of esters is 2. The van der Waals surface area contributed by atoms with Gasteiger partial charge in [-0.1, -0.05) is 6.58 Å². The Balaban J connectivity index is 1.39. The number of aryl methyl sites for hydroxylation is 3. The van der Waals surface area contributed by atoms with Crippen LogP contribution in [0.4, 0.5) is 26.3 Å². The molecule has 2 heterocycles. The van der Waals surface area contributed by atoms with Gasteiger partial charge in [-0.2, -0.15) is 26.3 Å². The van der Waals surface area contributed by atoms with Crippen molar-refractivity contribution in [2.75, 3.05) is 19.8 Å². The van der Waals surface area contributed by atoms with Gasteiger partial charge >= 0.3 is 29.7 Å². The van der Waals surface area contributed by atoms with E-state index >= 15 is 17.6 Å². The fourth-order valence-electron chi connectivity index (χ4n) is 5.32. The van der Waals surface area contributed by atoms with E-state index in [-0.39, 0.29) is 45.0 Å². The molecule has 0 amide bonds. The molecule has 0 saturated heterocycles. The van der Waals surface area contributed by atoms with Crippen LogP contribution in [0.25, 0.3) is 11.1 Å². The van der Waals surface area contributed by atoms with E-state index in [1.807, 2.05) is 0 Å². The standard InChI is InChI=1S/C34H34F6O5S2/c1-5-27(41)44-16-9-7-6-8-15-43-25-12-10-23(11-13-25)31(42)45-17-14-24-19-46-22(4)28(24)30-29(26-18-20(2)47-21(26)3)32(35,36)34(39,40)33(30,37)38/h5,10-13,18-19H,1,6-9,14-17H2,2-4H3. The molecule has 1 aromatic carbocycles. The number of halogens is 6. The van der Waals surface area contributed by atoms with Crippen molar-refractivity contribution in [1.82, 2.24) is 0 Å². The van der Waals surface area contributed by atoms with Gasteiger partial charge in [-0.25, -0.2) is 9.59 Å². The monoisotopic (exact) mass is 700 g/mol. The number of carbonyl (C=O) groups excluding carboxylic acids is 2. The second-order valence-corrected chi connectivity index (χ2v) is 13.6. The van der Waals surface area contributed by atoms with Crippen LogP contribution < -0.4 is 4.74 Å². The summed E-state index contributed by atoms with van der Waals surface area (Å²) in [7, 11) is 0. The van der Waals surface area contributed by atoms with Crippen molar-refractivity contribution in [1.29, 1.82) is 0 Å². The average molecular weight is 701 g/mol. The number of hydrogen-bond donors (Lipinski definition) is 0. The molecule has 0 aliphatic heterocycles. The van der Waals surface area contributed by atoms with Crippen LogP contribution in [0.1, 0.15) is 67.4 Å². The minimum Gasteiger partial charge on any atom is -0.494 e. The SMILES string of the molecule is C=CC(=O)OCCCCCCOc1ccc(C(=O)OCCc2csc(C)c2C2=C(c3cc(C)sc3C)C(F)(F)C(F)(F)C2(F)F)cc1. The molecule has 1 aliphatic carbocycles. The van der Waals surface area contributed by atoms with Crippen molar-refractivity contribution >= 4 is 45.8 Å². The number of carbonyl (C=O) groups is 2. The van der Waals surface area contributed by atoms with Crippen molar-refractivity contribution in [3.8, 4) is 5.75 Å². The maximum absolute atomic E-state index is 15.4. The van der Waals surface area contributed by atoms with Crippen molar-refractivity contribution in [2.45, 2.75) is 70.6 Å². The zero-order valence-electron chi connectivity index (χ0n) is 26.0. The van der Waals surface area contributed by atoms with Gasteiger partial charge in [0.15, 0.2) is 0 Å². The highest BCUT2D eigenvalue weighted by Gasteiger charge is 2.80. The van der Waals surface area contributed by atoms with Gasteiger partial charge < -0.3 is 14.2 Å². The lowest BCUT2D eigenvalue weighted by molar-refractivity contribution is -0.254. The molecule has 0 radical (unpaired) electrons. The Kier molecular flexibility index (Phi) is 11.3.